The van der Waals surface area contributed by atoms with E-state index in [0.29, 0.717) is 11.3 Å². The molecule has 0 spiro atoms. The average molecular weight is 209 g/mol. The second kappa shape index (κ2) is 4.68. The van der Waals surface area contributed by atoms with Crippen LogP contribution in [-0.2, 0) is 0 Å². The average Bonchev–Trinajstić information content (AvgIpc) is 2.14. The number of ketones is 1. The molecule has 0 fully saturated rings. The number of hydrogen-bond acceptors (Lipinski definition) is 3. The van der Waals surface area contributed by atoms with Crippen LogP contribution in [0.3, 0.4) is 0 Å². The summed E-state index contributed by atoms with van der Waals surface area (Å²) in [4.78, 5) is 16.1. The summed E-state index contributed by atoms with van der Waals surface area (Å²) in [5.74, 6) is -0.503. The van der Waals surface area contributed by atoms with E-state index < -0.39 is 5.82 Å². The molecule has 0 aliphatic carbocycles. The number of carbonyl (C=O) groups excluding carboxylic acids is 1. The van der Waals surface area contributed by atoms with Gasteiger partial charge in [-0.1, -0.05) is 5.16 Å². The molecule has 0 radical (unpaired) electrons. The lowest BCUT2D eigenvalue weighted by Gasteiger charge is -2.04. The molecule has 1 aromatic carbocycles. The van der Waals surface area contributed by atoms with Gasteiger partial charge in [0.1, 0.15) is 5.82 Å². The van der Waals surface area contributed by atoms with Gasteiger partial charge in [-0.25, -0.2) is 4.39 Å². The van der Waals surface area contributed by atoms with Crippen LogP contribution in [-0.4, -0.2) is 11.5 Å². The molecule has 0 saturated heterocycles. The highest BCUT2D eigenvalue weighted by atomic mass is 19.1. The lowest BCUT2D eigenvalue weighted by molar-refractivity contribution is 0.101. The second-order valence-electron chi connectivity index (χ2n) is 3.33. The van der Waals surface area contributed by atoms with Gasteiger partial charge in [0.05, 0.1) is 11.3 Å². The summed E-state index contributed by atoms with van der Waals surface area (Å²) in [6, 6.07) is 3.74. The molecule has 80 valence electrons. The third-order valence-corrected chi connectivity index (χ3v) is 1.65. The molecule has 0 aliphatic rings. The Bertz CT molecular complexity index is 409. The quantitative estimate of drug-likeness (QED) is 0.436. The van der Waals surface area contributed by atoms with E-state index in [-0.39, 0.29) is 11.5 Å². The molecule has 0 unspecified atom stereocenters. The van der Waals surface area contributed by atoms with Crippen LogP contribution in [0.4, 0.5) is 4.39 Å². The fraction of sp³-hybridized carbons (Fsp3) is 0.273. The van der Waals surface area contributed by atoms with Crippen molar-refractivity contribution in [3.05, 3.63) is 29.6 Å². The third-order valence-electron chi connectivity index (χ3n) is 1.65. The van der Waals surface area contributed by atoms with Crippen molar-refractivity contribution in [1.29, 1.82) is 0 Å². The molecule has 0 bridgehead atoms. The third kappa shape index (κ3) is 3.16. The zero-order valence-corrected chi connectivity index (χ0v) is 8.87. The van der Waals surface area contributed by atoms with Gasteiger partial charge in [-0.05, 0) is 32.9 Å². The van der Waals surface area contributed by atoms with Crippen LogP contribution in [0.25, 0.3) is 0 Å². The second-order valence-corrected chi connectivity index (χ2v) is 3.33. The Hall–Kier alpha value is -1.71. The summed E-state index contributed by atoms with van der Waals surface area (Å²) >= 11 is 0. The molecule has 4 heteroatoms. The fourth-order valence-corrected chi connectivity index (χ4v) is 1.00. The normalized spacial score (nSPS) is 9.60. The Labute approximate surface area is 87.5 Å². The minimum atomic E-state index is -0.459. The zero-order chi connectivity index (χ0) is 11.4. The van der Waals surface area contributed by atoms with Crippen LogP contribution >= 0.6 is 0 Å². The first-order valence-corrected chi connectivity index (χ1v) is 4.49. The molecule has 0 N–H and O–H groups in total. The van der Waals surface area contributed by atoms with Crippen molar-refractivity contribution >= 4 is 11.5 Å². The molecule has 1 rings (SSSR count). The summed E-state index contributed by atoms with van der Waals surface area (Å²) in [5.41, 5.74) is 1.01. The molecule has 0 aliphatic heterocycles. The molecule has 3 nitrogen and oxygen atoms in total. The molecule has 0 atom stereocenters. The lowest BCUT2D eigenvalue weighted by atomic mass is 10.1. The number of halogens is 1. The maximum atomic E-state index is 12.9. The number of rotatable bonds is 3. The Morgan fingerprint density at radius 3 is 2.53 bits per heavy atom. The minimum absolute atomic E-state index is 0.142. The number of carbonyl (C=O) groups is 1. The van der Waals surface area contributed by atoms with Crippen LogP contribution in [0.2, 0.25) is 0 Å². The molecule has 0 amide bonds. The van der Waals surface area contributed by atoms with E-state index in [4.69, 9.17) is 4.84 Å². The first-order chi connectivity index (χ1) is 7.00. The minimum Gasteiger partial charge on any atom is -0.356 e. The molecule has 0 heterocycles. The topological polar surface area (TPSA) is 38.7 Å². The Morgan fingerprint density at radius 2 is 2.00 bits per heavy atom. The van der Waals surface area contributed by atoms with Gasteiger partial charge in [-0.3, -0.25) is 4.79 Å². The number of hydrogen-bond donors (Lipinski definition) is 0. The standard InChI is InChI=1S/C11H12FNO2/c1-7(2)13-15-11-6-9(12)4-5-10(11)8(3)14/h4-6H,1-3H3. The molecule has 15 heavy (non-hydrogen) atoms. The monoisotopic (exact) mass is 209 g/mol. The van der Waals surface area contributed by atoms with E-state index in [9.17, 15) is 9.18 Å². The maximum Gasteiger partial charge on any atom is 0.171 e. The molecular weight excluding hydrogens is 197 g/mol. The SMILES string of the molecule is CC(=O)c1ccc(F)cc1ON=C(C)C. The van der Waals surface area contributed by atoms with Crippen molar-refractivity contribution in [3.63, 3.8) is 0 Å². The molecule has 0 aromatic heterocycles. The Morgan fingerprint density at radius 1 is 1.33 bits per heavy atom. The van der Waals surface area contributed by atoms with Crippen molar-refractivity contribution in [2.75, 3.05) is 0 Å². The zero-order valence-electron chi connectivity index (χ0n) is 8.87. The number of benzene rings is 1. The van der Waals surface area contributed by atoms with Gasteiger partial charge < -0.3 is 4.84 Å². The highest BCUT2D eigenvalue weighted by Crippen LogP contribution is 2.20. The van der Waals surface area contributed by atoms with Crippen molar-refractivity contribution in [3.8, 4) is 5.75 Å². The van der Waals surface area contributed by atoms with Crippen LogP contribution in [0.15, 0.2) is 23.4 Å². The maximum absolute atomic E-state index is 12.9. The predicted octanol–water partition coefficient (Wildman–Crippen LogP) is 2.80. The van der Waals surface area contributed by atoms with Crippen molar-refractivity contribution in [2.24, 2.45) is 5.16 Å². The van der Waals surface area contributed by atoms with E-state index in [1.54, 1.807) is 13.8 Å². The van der Waals surface area contributed by atoms with Gasteiger partial charge in [-0.2, -0.15) is 0 Å². The summed E-state index contributed by atoms with van der Waals surface area (Å²) in [7, 11) is 0. The molecular formula is C11H12FNO2. The van der Waals surface area contributed by atoms with Crippen LogP contribution in [0, 0.1) is 5.82 Å². The highest BCUT2D eigenvalue weighted by molar-refractivity contribution is 5.96. The number of oxime groups is 1. The Balaban J connectivity index is 3.07. The van der Waals surface area contributed by atoms with Crippen molar-refractivity contribution in [2.45, 2.75) is 20.8 Å². The van der Waals surface area contributed by atoms with Gasteiger partial charge in [-0.15, -0.1) is 0 Å². The van der Waals surface area contributed by atoms with Crippen LogP contribution in [0.5, 0.6) is 5.75 Å². The summed E-state index contributed by atoms with van der Waals surface area (Å²) in [5, 5.41) is 3.68. The van der Waals surface area contributed by atoms with Gasteiger partial charge in [0.25, 0.3) is 0 Å². The summed E-state index contributed by atoms with van der Waals surface area (Å²) in [6.45, 7) is 4.88. The first kappa shape index (κ1) is 11.4. The molecule has 1 aromatic rings. The van der Waals surface area contributed by atoms with Gasteiger partial charge >= 0.3 is 0 Å². The largest absolute Gasteiger partial charge is 0.356 e. The summed E-state index contributed by atoms with van der Waals surface area (Å²) < 4.78 is 12.9. The van der Waals surface area contributed by atoms with E-state index >= 15 is 0 Å². The Kier molecular flexibility index (Phi) is 3.55. The first-order valence-electron chi connectivity index (χ1n) is 4.49. The van der Waals surface area contributed by atoms with Crippen LogP contribution in [0.1, 0.15) is 31.1 Å². The van der Waals surface area contributed by atoms with E-state index in [2.05, 4.69) is 5.16 Å². The van der Waals surface area contributed by atoms with Crippen molar-refractivity contribution in [1.82, 2.24) is 0 Å². The summed E-state index contributed by atoms with van der Waals surface area (Å²) in [6.07, 6.45) is 0. The van der Waals surface area contributed by atoms with Gasteiger partial charge in [0, 0.05) is 6.07 Å². The lowest BCUT2D eigenvalue weighted by Crippen LogP contribution is -1.99. The van der Waals surface area contributed by atoms with E-state index in [1.165, 1.54) is 19.1 Å². The predicted molar refractivity (Wildman–Crippen MR) is 55.8 cm³/mol. The van der Waals surface area contributed by atoms with Gasteiger partial charge in [0.15, 0.2) is 11.5 Å². The number of Topliss-reactive ketones (excluding diaryl/α,β-unsaturated/α-hetero) is 1. The van der Waals surface area contributed by atoms with E-state index in [1.807, 2.05) is 0 Å². The number of nitrogens with zero attached hydrogens (tertiary/aromatic N) is 1. The fourth-order valence-electron chi connectivity index (χ4n) is 1.00. The molecule has 0 saturated carbocycles. The van der Waals surface area contributed by atoms with E-state index in [0.717, 1.165) is 6.07 Å². The van der Waals surface area contributed by atoms with Crippen molar-refractivity contribution < 1.29 is 14.0 Å². The van der Waals surface area contributed by atoms with Gasteiger partial charge in [0.2, 0.25) is 0 Å². The highest BCUT2D eigenvalue weighted by Gasteiger charge is 2.09. The smallest absolute Gasteiger partial charge is 0.171 e. The van der Waals surface area contributed by atoms with Crippen LogP contribution < -0.4 is 4.84 Å².